The number of hydrogen-bond donors (Lipinski definition) is 0. The average molecular weight is 211 g/mol. The van der Waals surface area contributed by atoms with Crippen molar-refractivity contribution in [3.63, 3.8) is 0 Å². The van der Waals surface area contributed by atoms with Crippen molar-refractivity contribution in [2.45, 2.75) is 18.8 Å². The van der Waals surface area contributed by atoms with Crippen LogP contribution in [0.25, 0.3) is 5.69 Å². The minimum absolute atomic E-state index is 0.0376. The smallest absolute Gasteiger partial charge is 0.255 e. The minimum Gasteiger partial charge on any atom is -0.284 e. The van der Waals surface area contributed by atoms with E-state index in [1.807, 2.05) is 42.6 Å². The zero-order chi connectivity index (χ0) is 11.0. The molecule has 1 aromatic carbocycles. The fourth-order valence-electron chi connectivity index (χ4n) is 1.95. The number of aromatic nitrogens is 1. The SMILES string of the molecule is O=c1ccc(C2CC2)cn1-c1ccccc1. The molecule has 3 rings (SSSR count). The molecule has 0 unspecified atom stereocenters. The highest BCUT2D eigenvalue weighted by atomic mass is 16.1. The van der Waals surface area contributed by atoms with E-state index in [-0.39, 0.29) is 5.56 Å². The van der Waals surface area contributed by atoms with Crippen molar-refractivity contribution in [1.82, 2.24) is 4.57 Å². The van der Waals surface area contributed by atoms with Crippen LogP contribution < -0.4 is 5.56 Å². The highest BCUT2D eigenvalue weighted by Gasteiger charge is 2.23. The molecule has 1 aliphatic rings. The molecule has 0 bridgehead atoms. The fourth-order valence-corrected chi connectivity index (χ4v) is 1.95. The number of benzene rings is 1. The molecule has 1 aliphatic carbocycles. The number of para-hydroxylation sites is 1. The molecule has 1 saturated carbocycles. The highest BCUT2D eigenvalue weighted by Crippen LogP contribution is 2.39. The van der Waals surface area contributed by atoms with Crippen LogP contribution in [0.15, 0.2) is 53.5 Å². The first-order valence-electron chi connectivity index (χ1n) is 5.62. The van der Waals surface area contributed by atoms with E-state index in [9.17, 15) is 4.79 Å². The molecule has 2 heteroatoms. The topological polar surface area (TPSA) is 22.0 Å². The number of hydrogen-bond acceptors (Lipinski definition) is 1. The number of rotatable bonds is 2. The normalized spacial score (nSPS) is 15.0. The lowest BCUT2D eigenvalue weighted by molar-refractivity contribution is 0.948. The van der Waals surface area contributed by atoms with Gasteiger partial charge in [-0.3, -0.25) is 9.36 Å². The maximum Gasteiger partial charge on any atom is 0.255 e. The second kappa shape index (κ2) is 3.63. The summed E-state index contributed by atoms with van der Waals surface area (Å²) in [6.45, 7) is 0. The molecule has 1 fully saturated rings. The highest BCUT2D eigenvalue weighted by molar-refractivity contribution is 5.34. The molecule has 0 aliphatic heterocycles. The fraction of sp³-hybridized carbons (Fsp3) is 0.214. The Kier molecular flexibility index (Phi) is 2.13. The molecule has 80 valence electrons. The zero-order valence-electron chi connectivity index (χ0n) is 8.97. The van der Waals surface area contributed by atoms with Gasteiger partial charge in [0.1, 0.15) is 0 Å². The van der Waals surface area contributed by atoms with E-state index in [4.69, 9.17) is 0 Å². The van der Waals surface area contributed by atoms with Gasteiger partial charge in [0.2, 0.25) is 0 Å². The second-order valence-corrected chi connectivity index (χ2v) is 4.28. The summed E-state index contributed by atoms with van der Waals surface area (Å²) >= 11 is 0. The minimum atomic E-state index is 0.0376. The molecular formula is C14H13NO. The first-order chi connectivity index (χ1) is 7.84. The van der Waals surface area contributed by atoms with Crippen LogP contribution in [0.2, 0.25) is 0 Å². The van der Waals surface area contributed by atoms with Crippen molar-refractivity contribution in [2.24, 2.45) is 0 Å². The Morgan fingerprint density at radius 2 is 1.75 bits per heavy atom. The van der Waals surface area contributed by atoms with Gasteiger partial charge in [-0.25, -0.2) is 0 Å². The van der Waals surface area contributed by atoms with E-state index < -0.39 is 0 Å². The van der Waals surface area contributed by atoms with Crippen LogP contribution in [0.4, 0.5) is 0 Å². The molecule has 0 radical (unpaired) electrons. The molecule has 0 N–H and O–H groups in total. The van der Waals surface area contributed by atoms with Crippen LogP contribution in [-0.2, 0) is 0 Å². The summed E-state index contributed by atoms with van der Waals surface area (Å²) in [5.74, 6) is 0.676. The summed E-state index contributed by atoms with van der Waals surface area (Å²) in [6.07, 6.45) is 4.50. The average Bonchev–Trinajstić information content (AvgIpc) is 3.15. The molecule has 0 atom stereocenters. The summed E-state index contributed by atoms with van der Waals surface area (Å²) in [5, 5.41) is 0. The van der Waals surface area contributed by atoms with Gasteiger partial charge in [-0.1, -0.05) is 24.3 Å². The van der Waals surface area contributed by atoms with Crippen molar-refractivity contribution >= 4 is 0 Å². The maximum absolute atomic E-state index is 11.8. The van der Waals surface area contributed by atoms with Crippen LogP contribution >= 0.6 is 0 Å². The Bertz CT molecular complexity index is 552. The van der Waals surface area contributed by atoms with E-state index in [0.717, 1.165) is 5.69 Å². The summed E-state index contributed by atoms with van der Waals surface area (Å²) in [6, 6.07) is 13.4. The molecule has 1 aromatic heterocycles. The van der Waals surface area contributed by atoms with Crippen molar-refractivity contribution < 1.29 is 0 Å². The Hall–Kier alpha value is -1.83. The van der Waals surface area contributed by atoms with Crippen LogP contribution in [0, 0.1) is 0 Å². The van der Waals surface area contributed by atoms with Crippen molar-refractivity contribution in [3.05, 3.63) is 64.6 Å². The van der Waals surface area contributed by atoms with E-state index in [0.29, 0.717) is 5.92 Å². The maximum atomic E-state index is 11.8. The second-order valence-electron chi connectivity index (χ2n) is 4.28. The Balaban J connectivity index is 2.12. The third-order valence-corrected chi connectivity index (χ3v) is 3.02. The van der Waals surface area contributed by atoms with Crippen molar-refractivity contribution in [1.29, 1.82) is 0 Å². The van der Waals surface area contributed by atoms with Gasteiger partial charge in [0.05, 0.1) is 0 Å². The molecule has 0 spiro atoms. The van der Waals surface area contributed by atoms with Gasteiger partial charge in [0.15, 0.2) is 0 Å². The summed E-state index contributed by atoms with van der Waals surface area (Å²) in [7, 11) is 0. The first kappa shape index (κ1) is 9.40. The van der Waals surface area contributed by atoms with Gasteiger partial charge < -0.3 is 0 Å². The van der Waals surface area contributed by atoms with Gasteiger partial charge in [-0.2, -0.15) is 0 Å². The Morgan fingerprint density at radius 1 is 1.00 bits per heavy atom. The van der Waals surface area contributed by atoms with Gasteiger partial charge in [0, 0.05) is 18.0 Å². The lowest BCUT2D eigenvalue weighted by Gasteiger charge is -2.07. The number of pyridine rings is 1. The predicted octanol–water partition coefficient (Wildman–Crippen LogP) is 2.71. The van der Waals surface area contributed by atoms with Gasteiger partial charge in [-0.05, 0) is 36.5 Å². The molecule has 2 nitrogen and oxygen atoms in total. The molecular weight excluding hydrogens is 198 g/mol. The van der Waals surface area contributed by atoms with Gasteiger partial charge in [0.25, 0.3) is 5.56 Å². The van der Waals surface area contributed by atoms with E-state index in [2.05, 4.69) is 0 Å². The van der Waals surface area contributed by atoms with Crippen LogP contribution in [-0.4, -0.2) is 4.57 Å². The van der Waals surface area contributed by atoms with Gasteiger partial charge in [-0.15, -0.1) is 0 Å². The lowest BCUT2D eigenvalue weighted by atomic mass is 10.2. The van der Waals surface area contributed by atoms with Gasteiger partial charge >= 0.3 is 0 Å². The quantitative estimate of drug-likeness (QED) is 0.748. The van der Waals surface area contributed by atoms with Crippen molar-refractivity contribution in [3.8, 4) is 5.69 Å². The van der Waals surface area contributed by atoms with Crippen LogP contribution in [0.3, 0.4) is 0 Å². The van der Waals surface area contributed by atoms with E-state index in [1.165, 1.54) is 18.4 Å². The molecule has 0 saturated heterocycles. The summed E-state index contributed by atoms with van der Waals surface area (Å²) in [4.78, 5) is 11.8. The first-order valence-corrected chi connectivity index (χ1v) is 5.62. The molecule has 2 aromatic rings. The summed E-state index contributed by atoms with van der Waals surface area (Å²) in [5.41, 5.74) is 2.26. The monoisotopic (exact) mass is 211 g/mol. The molecule has 1 heterocycles. The Labute approximate surface area is 94.2 Å². The molecule has 16 heavy (non-hydrogen) atoms. The third-order valence-electron chi connectivity index (χ3n) is 3.02. The summed E-state index contributed by atoms with van der Waals surface area (Å²) < 4.78 is 1.73. The number of nitrogens with zero attached hydrogens (tertiary/aromatic N) is 1. The predicted molar refractivity (Wildman–Crippen MR) is 64.0 cm³/mol. The molecule has 0 amide bonds. The lowest BCUT2D eigenvalue weighted by Crippen LogP contribution is -2.16. The van der Waals surface area contributed by atoms with E-state index in [1.54, 1.807) is 10.6 Å². The van der Waals surface area contributed by atoms with Crippen molar-refractivity contribution in [2.75, 3.05) is 0 Å². The van der Waals surface area contributed by atoms with E-state index >= 15 is 0 Å². The largest absolute Gasteiger partial charge is 0.284 e. The third kappa shape index (κ3) is 1.67. The van der Waals surface area contributed by atoms with Crippen LogP contribution in [0.1, 0.15) is 24.3 Å². The van der Waals surface area contributed by atoms with Crippen LogP contribution in [0.5, 0.6) is 0 Å². The standard InChI is InChI=1S/C14H13NO/c16-14-9-8-12(11-6-7-11)10-15(14)13-4-2-1-3-5-13/h1-5,8-11H,6-7H2. The zero-order valence-corrected chi connectivity index (χ0v) is 8.97. The Morgan fingerprint density at radius 3 is 2.44 bits per heavy atom.